The van der Waals surface area contributed by atoms with E-state index in [1.165, 1.54) is 31.2 Å². The standard InChI is InChI=1S/C18H17BrN2O5S/c1-2-27(25,26)21-13-6-3-11(4-7-13)16(22)10-18(24)14-9-12(19)5-8-15(14)20-17(18)23/h3-9,21,24H,2,10H2,1H3,(H,20,23)/t18-/m0/s1. The van der Waals surface area contributed by atoms with E-state index in [2.05, 4.69) is 26.0 Å². The van der Waals surface area contributed by atoms with Crippen LogP contribution in [-0.4, -0.2) is 31.0 Å². The van der Waals surface area contributed by atoms with Gasteiger partial charge in [-0.05, 0) is 49.4 Å². The first-order valence-corrected chi connectivity index (χ1v) is 10.6. The second kappa shape index (κ2) is 7.06. The van der Waals surface area contributed by atoms with Crippen molar-refractivity contribution in [3.8, 4) is 0 Å². The van der Waals surface area contributed by atoms with Crippen LogP contribution >= 0.6 is 15.9 Å². The van der Waals surface area contributed by atoms with E-state index < -0.39 is 33.7 Å². The molecule has 3 rings (SSSR count). The van der Waals surface area contributed by atoms with Gasteiger partial charge in [0.25, 0.3) is 5.91 Å². The van der Waals surface area contributed by atoms with E-state index in [-0.39, 0.29) is 11.3 Å². The summed E-state index contributed by atoms with van der Waals surface area (Å²) in [5.41, 5.74) is -0.567. The normalized spacial score (nSPS) is 18.7. The maximum Gasteiger partial charge on any atom is 0.261 e. The summed E-state index contributed by atoms with van der Waals surface area (Å²) in [5.74, 6) is -1.16. The molecule has 7 nitrogen and oxygen atoms in total. The van der Waals surface area contributed by atoms with Gasteiger partial charge in [-0.15, -0.1) is 0 Å². The molecule has 0 unspecified atom stereocenters. The van der Waals surface area contributed by atoms with Gasteiger partial charge in [-0.3, -0.25) is 14.3 Å². The third-order valence-corrected chi connectivity index (χ3v) is 6.13. The van der Waals surface area contributed by atoms with E-state index in [1.54, 1.807) is 18.2 Å². The molecule has 0 spiro atoms. The van der Waals surface area contributed by atoms with Crippen molar-refractivity contribution in [2.24, 2.45) is 0 Å². The first kappa shape index (κ1) is 19.5. The summed E-state index contributed by atoms with van der Waals surface area (Å²) in [7, 11) is -3.41. The van der Waals surface area contributed by atoms with Crippen LogP contribution in [0, 0.1) is 0 Å². The first-order valence-electron chi connectivity index (χ1n) is 8.12. The Bertz CT molecular complexity index is 1020. The molecule has 3 N–H and O–H groups in total. The van der Waals surface area contributed by atoms with Crippen molar-refractivity contribution < 1.29 is 23.1 Å². The third-order valence-electron chi connectivity index (χ3n) is 4.33. The Morgan fingerprint density at radius 1 is 1.22 bits per heavy atom. The number of halogens is 1. The number of amides is 1. The number of hydrogen-bond donors (Lipinski definition) is 3. The zero-order valence-corrected chi connectivity index (χ0v) is 16.7. The summed E-state index contributed by atoms with van der Waals surface area (Å²) >= 11 is 3.29. The van der Waals surface area contributed by atoms with E-state index in [9.17, 15) is 23.1 Å². The number of ketones is 1. The van der Waals surface area contributed by atoms with Crippen molar-refractivity contribution >= 4 is 49.0 Å². The Morgan fingerprint density at radius 2 is 1.89 bits per heavy atom. The van der Waals surface area contributed by atoms with Crippen molar-refractivity contribution in [3.05, 3.63) is 58.1 Å². The Hall–Kier alpha value is -2.23. The van der Waals surface area contributed by atoms with Crippen LogP contribution in [0.1, 0.15) is 29.3 Å². The van der Waals surface area contributed by atoms with E-state index >= 15 is 0 Å². The van der Waals surface area contributed by atoms with Gasteiger partial charge in [-0.1, -0.05) is 15.9 Å². The fourth-order valence-electron chi connectivity index (χ4n) is 2.80. The molecule has 27 heavy (non-hydrogen) atoms. The van der Waals surface area contributed by atoms with Crippen LogP contribution in [0.15, 0.2) is 46.9 Å². The Kier molecular flexibility index (Phi) is 5.11. The Labute approximate surface area is 165 Å². The molecule has 2 aromatic rings. The summed E-state index contributed by atoms with van der Waals surface area (Å²) in [6.07, 6.45) is -0.428. The van der Waals surface area contributed by atoms with Crippen LogP contribution in [-0.2, 0) is 20.4 Å². The lowest BCUT2D eigenvalue weighted by molar-refractivity contribution is -0.133. The molecule has 1 amide bonds. The predicted molar refractivity (Wildman–Crippen MR) is 105 cm³/mol. The highest BCUT2D eigenvalue weighted by Gasteiger charge is 2.46. The summed E-state index contributed by atoms with van der Waals surface area (Å²) in [6.45, 7) is 1.52. The van der Waals surface area contributed by atoms with Crippen LogP contribution in [0.5, 0.6) is 0 Å². The highest BCUT2D eigenvalue weighted by atomic mass is 79.9. The second-order valence-corrected chi connectivity index (χ2v) is 9.11. The Morgan fingerprint density at radius 3 is 2.52 bits per heavy atom. The lowest BCUT2D eigenvalue weighted by atomic mass is 9.88. The lowest BCUT2D eigenvalue weighted by Crippen LogP contribution is -2.36. The minimum atomic E-state index is -3.41. The molecular formula is C18H17BrN2O5S. The minimum Gasteiger partial charge on any atom is -0.375 e. The van der Waals surface area contributed by atoms with E-state index in [4.69, 9.17) is 0 Å². The van der Waals surface area contributed by atoms with Gasteiger partial charge in [0.05, 0.1) is 12.2 Å². The van der Waals surface area contributed by atoms with Crippen LogP contribution in [0.3, 0.4) is 0 Å². The molecule has 2 aromatic carbocycles. The van der Waals surface area contributed by atoms with Crippen LogP contribution in [0.4, 0.5) is 11.4 Å². The lowest BCUT2D eigenvalue weighted by Gasteiger charge is -2.20. The topological polar surface area (TPSA) is 113 Å². The highest BCUT2D eigenvalue weighted by molar-refractivity contribution is 9.10. The van der Waals surface area contributed by atoms with Crippen molar-refractivity contribution in [2.75, 3.05) is 15.8 Å². The molecule has 1 aliphatic rings. The summed E-state index contributed by atoms with van der Waals surface area (Å²) in [6, 6.07) is 10.8. The number of nitrogens with one attached hydrogen (secondary N) is 2. The van der Waals surface area contributed by atoms with Gasteiger partial charge >= 0.3 is 0 Å². The SMILES string of the molecule is CCS(=O)(=O)Nc1ccc(C(=O)C[C@@]2(O)C(=O)Nc3ccc(Br)cc32)cc1. The van der Waals surface area contributed by atoms with Gasteiger partial charge in [0, 0.05) is 27.0 Å². The number of carbonyl (C=O) groups is 2. The first-order chi connectivity index (χ1) is 12.6. The molecule has 0 saturated heterocycles. The number of aliphatic hydroxyl groups is 1. The van der Waals surface area contributed by atoms with Crippen molar-refractivity contribution in [2.45, 2.75) is 18.9 Å². The number of rotatable bonds is 6. The molecule has 0 aromatic heterocycles. The van der Waals surface area contributed by atoms with Crippen molar-refractivity contribution in [3.63, 3.8) is 0 Å². The quantitative estimate of drug-likeness (QED) is 0.583. The highest BCUT2D eigenvalue weighted by Crippen LogP contribution is 2.40. The number of benzene rings is 2. The van der Waals surface area contributed by atoms with Crippen LogP contribution in [0.25, 0.3) is 0 Å². The molecular weight excluding hydrogens is 436 g/mol. The van der Waals surface area contributed by atoms with Crippen molar-refractivity contribution in [1.29, 1.82) is 0 Å². The third kappa shape index (κ3) is 3.90. The summed E-state index contributed by atoms with van der Waals surface area (Å²) < 4.78 is 26.2. The number of carbonyl (C=O) groups excluding carboxylic acids is 2. The molecule has 1 heterocycles. The molecule has 142 valence electrons. The molecule has 0 bridgehead atoms. The second-order valence-electron chi connectivity index (χ2n) is 6.19. The molecule has 0 aliphatic carbocycles. The Balaban J connectivity index is 1.82. The molecule has 0 radical (unpaired) electrons. The monoisotopic (exact) mass is 452 g/mol. The molecule has 9 heteroatoms. The van der Waals surface area contributed by atoms with Gasteiger partial charge in [-0.2, -0.15) is 0 Å². The number of sulfonamides is 1. The fourth-order valence-corrected chi connectivity index (χ4v) is 3.80. The van der Waals surface area contributed by atoms with E-state index in [1.807, 2.05) is 0 Å². The molecule has 1 atom stereocenters. The van der Waals surface area contributed by atoms with Gasteiger partial charge < -0.3 is 10.4 Å². The van der Waals surface area contributed by atoms with Gasteiger partial charge in [0.2, 0.25) is 10.0 Å². The van der Waals surface area contributed by atoms with E-state index in [0.717, 1.165) is 0 Å². The molecule has 0 fully saturated rings. The maximum atomic E-state index is 12.6. The van der Waals surface area contributed by atoms with Gasteiger partial charge in [0.15, 0.2) is 11.4 Å². The number of Topliss-reactive ketones (excluding diaryl/α,β-unsaturated/α-hetero) is 1. The number of fused-ring (bicyclic) bond motifs is 1. The van der Waals surface area contributed by atoms with Gasteiger partial charge in [-0.25, -0.2) is 8.42 Å². The minimum absolute atomic E-state index is 0.0647. The van der Waals surface area contributed by atoms with E-state index in [0.29, 0.717) is 21.4 Å². The maximum absolute atomic E-state index is 12.6. The predicted octanol–water partition coefficient (Wildman–Crippen LogP) is 2.62. The summed E-state index contributed by atoms with van der Waals surface area (Å²) in [4.78, 5) is 24.9. The average Bonchev–Trinajstić information content (AvgIpc) is 2.86. The van der Waals surface area contributed by atoms with Crippen LogP contribution < -0.4 is 10.0 Å². The number of hydrogen-bond acceptors (Lipinski definition) is 5. The van der Waals surface area contributed by atoms with Crippen LogP contribution in [0.2, 0.25) is 0 Å². The molecule has 0 saturated carbocycles. The fraction of sp³-hybridized carbons (Fsp3) is 0.222. The zero-order valence-electron chi connectivity index (χ0n) is 14.3. The largest absolute Gasteiger partial charge is 0.375 e. The smallest absolute Gasteiger partial charge is 0.261 e. The summed E-state index contributed by atoms with van der Waals surface area (Å²) in [5, 5.41) is 13.4. The van der Waals surface area contributed by atoms with Crippen molar-refractivity contribution in [1.82, 2.24) is 0 Å². The molecule has 1 aliphatic heterocycles. The van der Waals surface area contributed by atoms with Gasteiger partial charge in [0.1, 0.15) is 0 Å². The average molecular weight is 453 g/mol. The zero-order chi connectivity index (χ0) is 19.8. The number of anilines is 2.